The first-order valence-electron chi connectivity index (χ1n) is 8.50. The van der Waals surface area contributed by atoms with Crippen molar-refractivity contribution in [2.45, 2.75) is 18.7 Å². The molecule has 2 aromatic carbocycles. The molecule has 0 radical (unpaired) electrons. The van der Waals surface area contributed by atoms with Crippen LogP contribution in [0.2, 0.25) is 0 Å². The Bertz CT molecular complexity index is 737. The van der Waals surface area contributed by atoms with Crippen molar-refractivity contribution in [3.05, 3.63) is 65.0 Å². The van der Waals surface area contributed by atoms with Gasteiger partial charge in [-0.2, -0.15) is 11.8 Å². The Kier molecular flexibility index (Phi) is 8.28. The summed E-state index contributed by atoms with van der Waals surface area (Å²) in [6.45, 7) is 1.36. The van der Waals surface area contributed by atoms with Crippen LogP contribution in [0.15, 0.2) is 47.5 Å². The minimum Gasteiger partial charge on any atom is -0.497 e. The van der Waals surface area contributed by atoms with Crippen LogP contribution < -0.4 is 15.4 Å². The number of ether oxygens (including phenoxy) is 1. The molecule has 0 saturated heterocycles. The fraction of sp³-hybridized carbons (Fsp3) is 0.350. The van der Waals surface area contributed by atoms with Crippen LogP contribution in [0.3, 0.4) is 0 Å². The van der Waals surface area contributed by atoms with Crippen LogP contribution in [0.4, 0.5) is 4.39 Å². The Hall–Kier alpha value is -2.21. The van der Waals surface area contributed by atoms with Crippen LogP contribution in [-0.4, -0.2) is 32.9 Å². The average molecular weight is 376 g/mol. The summed E-state index contributed by atoms with van der Waals surface area (Å²) in [6, 6.07) is 13.0. The summed E-state index contributed by atoms with van der Waals surface area (Å²) in [5.41, 5.74) is 3.29. The van der Waals surface area contributed by atoms with Crippen molar-refractivity contribution in [2.24, 2.45) is 4.99 Å². The molecule has 26 heavy (non-hydrogen) atoms. The lowest BCUT2D eigenvalue weighted by Crippen LogP contribution is -2.38. The maximum absolute atomic E-state index is 13.4. The number of nitrogens with zero attached hydrogens (tertiary/aromatic N) is 1. The van der Waals surface area contributed by atoms with Gasteiger partial charge in [0.15, 0.2) is 5.96 Å². The number of benzene rings is 2. The van der Waals surface area contributed by atoms with E-state index in [1.54, 1.807) is 32.0 Å². The molecule has 0 bridgehead atoms. The van der Waals surface area contributed by atoms with Gasteiger partial charge in [0.25, 0.3) is 0 Å². The van der Waals surface area contributed by atoms with Crippen molar-refractivity contribution in [3.63, 3.8) is 0 Å². The number of thioether (sulfide) groups is 1. The molecule has 2 N–H and O–H groups in total. The predicted octanol–water partition coefficient (Wildman–Crippen LogP) is 3.61. The van der Waals surface area contributed by atoms with Crippen LogP contribution in [0.5, 0.6) is 5.75 Å². The Morgan fingerprint density at radius 3 is 2.73 bits per heavy atom. The van der Waals surface area contributed by atoms with Crippen molar-refractivity contribution in [1.82, 2.24) is 10.6 Å². The molecular weight excluding hydrogens is 349 g/mol. The van der Waals surface area contributed by atoms with Gasteiger partial charge in [0.1, 0.15) is 11.6 Å². The van der Waals surface area contributed by atoms with Crippen LogP contribution in [0.1, 0.15) is 16.7 Å². The maximum atomic E-state index is 13.4. The van der Waals surface area contributed by atoms with Gasteiger partial charge >= 0.3 is 0 Å². The van der Waals surface area contributed by atoms with E-state index in [9.17, 15) is 4.39 Å². The molecule has 0 aromatic heterocycles. The first-order chi connectivity index (χ1) is 12.7. The van der Waals surface area contributed by atoms with Gasteiger partial charge in [-0.1, -0.05) is 18.2 Å². The summed E-state index contributed by atoms with van der Waals surface area (Å²) in [6.07, 6.45) is 2.88. The first-order valence-corrected chi connectivity index (χ1v) is 9.89. The van der Waals surface area contributed by atoms with Gasteiger partial charge in [-0.15, -0.1) is 0 Å². The normalized spacial score (nSPS) is 11.3. The lowest BCUT2D eigenvalue weighted by Gasteiger charge is -2.14. The average Bonchev–Trinajstić information content (AvgIpc) is 2.66. The molecule has 0 atom stereocenters. The van der Waals surface area contributed by atoms with E-state index in [1.165, 1.54) is 11.6 Å². The number of methoxy groups -OCH3 is 1. The second kappa shape index (κ2) is 10.7. The Labute approximate surface area is 159 Å². The minimum absolute atomic E-state index is 0.196. The van der Waals surface area contributed by atoms with Crippen LogP contribution in [0, 0.1) is 5.82 Å². The smallest absolute Gasteiger partial charge is 0.191 e. The minimum atomic E-state index is -0.196. The largest absolute Gasteiger partial charge is 0.497 e. The van der Waals surface area contributed by atoms with Crippen LogP contribution in [0.25, 0.3) is 0 Å². The monoisotopic (exact) mass is 375 g/mol. The second-order valence-electron chi connectivity index (χ2n) is 5.80. The number of hydrogen-bond donors (Lipinski definition) is 2. The highest BCUT2D eigenvalue weighted by Crippen LogP contribution is 2.16. The van der Waals surface area contributed by atoms with Gasteiger partial charge in [-0.3, -0.25) is 4.99 Å². The van der Waals surface area contributed by atoms with E-state index < -0.39 is 0 Å². The van der Waals surface area contributed by atoms with Crippen molar-refractivity contribution in [2.75, 3.05) is 27.0 Å². The highest BCUT2D eigenvalue weighted by molar-refractivity contribution is 7.97. The third kappa shape index (κ3) is 6.26. The molecule has 0 saturated carbocycles. The fourth-order valence-corrected chi connectivity index (χ4v) is 3.19. The molecule has 0 aliphatic carbocycles. The molecule has 0 aliphatic rings. The zero-order valence-corrected chi connectivity index (χ0v) is 16.3. The maximum Gasteiger partial charge on any atom is 0.191 e. The number of rotatable bonds is 8. The molecule has 0 unspecified atom stereocenters. The van der Waals surface area contributed by atoms with Crippen LogP contribution in [-0.2, 0) is 18.7 Å². The molecule has 4 nitrogen and oxygen atoms in total. The van der Waals surface area contributed by atoms with E-state index in [1.807, 2.05) is 30.5 Å². The SMILES string of the molecule is CN=C(NCCc1cccc(OC)c1)NCc1ccc(F)cc1CSC. The fourth-order valence-electron chi connectivity index (χ4n) is 2.61. The molecule has 2 aromatic rings. The Balaban J connectivity index is 1.86. The lowest BCUT2D eigenvalue weighted by molar-refractivity contribution is 0.414. The quantitative estimate of drug-likeness (QED) is 0.547. The van der Waals surface area contributed by atoms with Crippen LogP contribution >= 0.6 is 11.8 Å². The van der Waals surface area contributed by atoms with Gasteiger partial charge in [0.05, 0.1) is 7.11 Å². The third-order valence-corrected chi connectivity index (χ3v) is 4.58. The van der Waals surface area contributed by atoms with E-state index in [0.29, 0.717) is 6.54 Å². The molecule has 6 heteroatoms. The standard InChI is InChI=1S/C20H26FN3OS/c1-22-20(23-10-9-15-5-4-6-19(11-15)25-2)24-13-16-7-8-18(21)12-17(16)14-26-3/h4-8,11-12H,9-10,13-14H2,1-3H3,(H2,22,23,24). The van der Waals surface area contributed by atoms with E-state index in [4.69, 9.17) is 4.74 Å². The number of nitrogens with one attached hydrogen (secondary N) is 2. The summed E-state index contributed by atoms with van der Waals surface area (Å²) < 4.78 is 18.7. The highest BCUT2D eigenvalue weighted by Gasteiger charge is 2.05. The topological polar surface area (TPSA) is 45.7 Å². The number of aliphatic imine (C=N–C) groups is 1. The number of halogens is 1. The molecule has 0 heterocycles. The summed E-state index contributed by atoms with van der Waals surface area (Å²) >= 11 is 1.68. The zero-order valence-electron chi connectivity index (χ0n) is 15.5. The zero-order chi connectivity index (χ0) is 18.8. The van der Waals surface area contributed by atoms with Gasteiger partial charge in [-0.25, -0.2) is 4.39 Å². The molecular formula is C20H26FN3OS. The van der Waals surface area contributed by atoms with Crippen molar-refractivity contribution >= 4 is 17.7 Å². The van der Waals surface area contributed by atoms with Crippen molar-refractivity contribution in [1.29, 1.82) is 0 Å². The first kappa shape index (κ1) is 20.1. The number of guanidine groups is 1. The molecule has 0 spiro atoms. The summed E-state index contributed by atoms with van der Waals surface area (Å²) in [5.74, 6) is 2.19. The van der Waals surface area contributed by atoms with E-state index in [0.717, 1.165) is 41.6 Å². The van der Waals surface area contributed by atoms with Crippen molar-refractivity contribution in [3.8, 4) is 5.75 Å². The Morgan fingerprint density at radius 1 is 1.15 bits per heavy atom. The van der Waals surface area contributed by atoms with E-state index >= 15 is 0 Å². The molecule has 0 amide bonds. The molecule has 0 aliphatic heterocycles. The van der Waals surface area contributed by atoms with Gasteiger partial charge in [0, 0.05) is 25.9 Å². The molecule has 140 valence electrons. The molecule has 2 rings (SSSR count). The highest BCUT2D eigenvalue weighted by atomic mass is 32.2. The summed E-state index contributed by atoms with van der Waals surface area (Å²) in [4.78, 5) is 4.25. The third-order valence-electron chi connectivity index (χ3n) is 3.98. The second-order valence-corrected chi connectivity index (χ2v) is 6.67. The molecule has 0 fully saturated rings. The van der Waals surface area contributed by atoms with E-state index in [-0.39, 0.29) is 5.82 Å². The predicted molar refractivity (Wildman–Crippen MR) is 109 cm³/mol. The summed E-state index contributed by atoms with van der Waals surface area (Å²) in [7, 11) is 3.41. The number of hydrogen-bond acceptors (Lipinski definition) is 3. The van der Waals surface area contributed by atoms with E-state index in [2.05, 4.69) is 21.7 Å². The summed E-state index contributed by atoms with van der Waals surface area (Å²) in [5, 5.41) is 6.60. The van der Waals surface area contributed by atoms with Gasteiger partial charge in [-0.05, 0) is 53.6 Å². The lowest BCUT2D eigenvalue weighted by atomic mass is 10.1. The van der Waals surface area contributed by atoms with Gasteiger partial charge in [0.2, 0.25) is 0 Å². The Morgan fingerprint density at radius 2 is 2.00 bits per heavy atom. The van der Waals surface area contributed by atoms with Crippen molar-refractivity contribution < 1.29 is 9.13 Å². The van der Waals surface area contributed by atoms with Gasteiger partial charge < -0.3 is 15.4 Å².